The normalized spacial score (nSPS) is 12.8. The number of hydrogen-bond donors (Lipinski definition) is 1. The summed E-state index contributed by atoms with van der Waals surface area (Å²) in [6, 6.07) is 5.23. The van der Waals surface area contributed by atoms with E-state index in [2.05, 4.69) is 0 Å². The highest BCUT2D eigenvalue weighted by atomic mass is 35.5. The molecule has 2 rings (SSSR count). The van der Waals surface area contributed by atoms with E-state index in [1.165, 1.54) is 29.5 Å². The number of halogens is 3. The minimum atomic E-state index is -1.19. The minimum Gasteiger partial charge on any atom is -0.383 e. The van der Waals surface area contributed by atoms with Crippen molar-refractivity contribution in [2.75, 3.05) is 0 Å². The molecule has 1 aromatic heterocycles. The topological polar surface area (TPSA) is 20.2 Å². The Bertz CT molecular complexity index is 512. The van der Waals surface area contributed by atoms with Crippen LogP contribution in [0.2, 0.25) is 5.02 Å². The third-order valence-electron chi connectivity index (χ3n) is 2.13. The van der Waals surface area contributed by atoms with Crippen LogP contribution in [0.5, 0.6) is 0 Å². The second-order valence-corrected chi connectivity index (χ2v) is 4.59. The van der Waals surface area contributed by atoms with E-state index in [9.17, 15) is 13.9 Å². The Balaban J connectivity index is 2.41. The standard InChI is InChI=1S/C11H7ClF2OS/c12-6-4-9(16-5-6)11(15)7-2-1-3-8(13)10(7)14/h1-5,11,15H. The molecular formula is C11H7ClF2OS. The largest absolute Gasteiger partial charge is 0.383 e. The Labute approximate surface area is 99.9 Å². The molecule has 84 valence electrons. The van der Waals surface area contributed by atoms with Crippen LogP contribution < -0.4 is 0 Å². The maximum absolute atomic E-state index is 13.4. The van der Waals surface area contributed by atoms with Crippen molar-refractivity contribution < 1.29 is 13.9 Å². The lowest BCUT2D eigenvalue weighted by Gasteiger charge is -2.09. The van der Waals surface area contributed by atoms with E-state index in [-0.39, 0.29) is 5.56 Å². The first-order valence-electron chi connectivity index (χ1n) is 4.45. The summed E-state index contributed by atoms with van der Waals surface area (Å²) >= 11 is 6.89. The van der Waals surface area contributed by atoms with Crippen molar-refractivity contribution in [1.82, 2.24) is 0 Å². The molecule has 1 N–H and O–H groups in total. The van der Waals surface area contributed by atoms with E-state index in [4.69, 9.17) is 11.6 Å². The fraction of sp³-hybridized carbons (Fsp3) is 0.0909. The average molecular weight is 261 g/mol. The molecule has 1 atom stereocenters. The van der Waals surface area contributed by atoms with Crippen molar-refractivity contribution in [2.45, 2.75) is 6.10 Å². The Hall–Kier alpha value is -0.970. The van der Waals surface area contributed by atoms with Gasteiger partial charge in [0.1, 0.15) is 6.10 Å². The van der Waals surface area contributed by atoms with Crippen molar-refractivity contribution in [2.24, 2.45) is 0 Å². The van der Waals surface area contributed by atoms with Crippen LogP contribution in [0.4, 0.5) is 8.78 Å². The molecule has 2 aromatic rings. The highest BCUT2D eigenvalue weighted by molar-refractivity contribution is 7.10. The first-order chi connectivity index (χ1) is 7.59. The molecule has 0 amide bonds. The molecule has 0 spiro atoms. The van der Waals surface area contributed by atoms with Crippen molar-refractivity contribution in [3.63, 3.8) is 0 Å². The third kappa shape index (κ3) is 2.09. The average Bonchev–Trinajstić information content (AvgIpc) is 2.68. The molecule has 0 aliphatic rings. The van der Waals surface area contributed by atoms with Gasteiger partial charge >= 0.3 is 0 Å². The van der Waals surface area contributed by atoms with Gasteiger partial charge in [-0.15, -0.1) is 11.3 Å². The van der Waals surface area contributed by atoms with Gasteiger partial charge in [-0.05, 0) is 12.1 Å². The summed E-state index contributed by atoms with van der Waals surface area (Å²) in [7, 11) is 0. The van der Waals surface area contributed by atoms with Crippen LogP contribution in [0.3, 0.4) is 0 Å². The third-order valence-corrected chi connectivity index (χ3v) is 3.47. The number of benzene rings is 1. The molecule has 1 unspecified atom stereocenters. The summed E-state index contributed by atoms with van der Waals surface area (Å²) in [5.74, 6) is -2.00. The van der Waals surface area contributed by atoms with Gasteiger partial charge in [0.05, 0.1) is 5.02 Å². The number of thiophene rings is 1. The number of hydrogen-bond acceptors (Lipinski definition) is 2. The zero-order valence-corrected chi connectivity index (χ0v) is 9.53. The Morgan fingerprint density at radius 1 is 1.31 bits per heavy atom. The summed E-state index contributed by atoms with van der Waals surface area (Å²) in [6.07, 6.45) is -1.19. The van der Waals surface area contributed by atoms with Crippen LogP contribution in [0, 0.1) is 11.6 Å². The summed E-state index contributed by atoms with van der Waals surface area (Å²) < 4.78 is 26.3. The minimum absolute atomic E-state index is 0.0847. The highest BCUT2D eigenvalue weighted by Gasteiger charge is 2.18. The first kappa shape index (κ1) is 11.5. The smallest absolute Gasteiger partial charge is 0.164 e. The van der Waals surface area contributed by atoms with Gasteiger partial charge in [-0.2, -0.15) is 0 Å². The molecule has 5 heteroatoms. The Morgan fingerprint density at radius 3 is 2.69 bits per heavy atom. The predicted octanol–water partition coefficient (Wildman–Crippen LogP) is 3.76. The monoisotopic (exact) mass is 260 g/mol. The van der Waals surface area contributed by atoms with Gasteiger partial charge in [-0.1, -0.05) is 23.7 Å². The first-order valence-corrected chi connectivity index (χ1v) is 5.71. The van der Waals surface area contributed by atoms with Gasteiger partial charge in [0.15, 0.2) is 11.6 Å². The van der Waals surface area contributed by atoms with Crippen LogP contribution in [0.25, 0.3) is 0 Å². The van der Waals surface area contributed by atoms with Gasteiger partial charge in [0.25, 0.3) is 0 Å². The molecule has 1 aromatic carbocycles. The molecule has 1 heterocycles. The number of rotatable bonds is 2. The fourth-order valence-electron chi connectivity index (χ4n) is 1.36. The molecule has 0 aliphatic heterocycles. The Morgan fingerprint density at radius 2 is 2.06 bits per heavy atom. The van der Waals surface area contributed by atoms with Crippen molar-refractivity contribution in [3.05, 3.63) is 56.7 Å². The van der Waals surface area contributed by atoms with Gasteiger partial charge in [-0.3, -0.25) is 0 Å². The summed E-state index contributed by atoms with van der Waals surface area (Å²) in [6.45, 7) is 0. The fourth-order valence-corrected chi connectivity index (χ4v) is 2.44. The quantitative estimate of drug-likeness (QED) is 0.872. The second-order valence-electron chi connectivity index (χ2n) is 3.21. The summed E-state index contributed by atoms with van der Waals surface area (Å²) in [4.78, 5) is 0.481. The molecule has 1 nitrogen and oxygen atoms in total. The lowest BCUT2D eigenvalue weighted by Crippen LogP contribution is -2.02. The van der Waals surface area contributed by atoms with Crippen LogP contribution in [0.1, 0.15) is 16.5 Å². The van der Waals surface area contributed by atoms with E-state index in [1.54, 1.807) is 5.38 Å². The van der Waals surface area contributed by atoms with Gasteiger partial charge < -0.3 is 5.11 Å². The summed E-state index contributed by atoms with van der Waals surface area (Å²) in [5, 5.41) is 11.9. The molecule has 0 saturated carbocycles. The van der Waals surface area contributed by atoms with E-state index in [0.717, 1.165) is 6.07 Å². The number of aliphatic hydroxyl groups is 1. The zero-order chi connectivity index (χ0) is 11.7. The predicted molar refractivity (Wildman–Crippen MR) is 59.7 cm³/mol. The second kappa shape index (κ2) is 4.49. The van der Waals surface area contributed by atoms with Crippen LogP contribution in [-0.4, -0.2) is 5.11 Å². The Kier molecular flexibility index (Phi) is 3.23. The molecular weight excluding hydrogens is 254 g/mol. The van der Waals surface area contributed by atoms with Crippen LogP contribution in [0.15, 0.2) is 29.6 Å². The lowest BCUT2D eigenvalue weighted by molar-refractivity contribution is 0.217. The van der Waals surface area contributed by atoms with Crippen molar-refractivity contribution in [1.29, 1.82) is 0 Å². The molecule has 0 bridgehead atoms. The van der Waals surface area contributed by atoms with Crippen molar-refractivity contribution in [3.8, 4) is 0 Å². The van der Waals surface area contributed by atoms with E-state index in [1.807, 2.05) is 0 Å². The maximum Gasteiger partial charge on any atom is 0.164 e. The van der Waals surface area contributed by atoms with Gasteiger partial charge in [0, 0.05) is 15.8 Å². The van der Waals surface area contributed by atoms with Crippen molar-refractivity contribution >= 4 is 22.9 Å². The highest BCUT2D eigenvalue weighted by Crippen LogP contribution is 2.31. The molecule has 0 radical (unpaired) electrons. The molecule has 0 aliphatic carbocycles. The number of aliphatic hydroxyl groups excluding tert-OH is 1. The molecule has 16 heavy (non-hydrogen) atoms. The van der Waals surface area contributed by atoms with E-state index >= 15 is 0 Å². The van der Waals surface area contributed by atoms with Crippen LogP contribution >= 0.6 is 22.9 Å². The summed E-state index contributed by atoms with van der Waals surface area (Å²) in [5.41, 5.74) is -0.0847. The van der Waals surface area contributed by atoms with E-state index in [0.29, 0.717) is 9.90 Å². The molecule has 0 fully saturated rings. The van der Waals surface area contributed by atoms with Gasteiger partial charge in [-0.25, -0.2) is 8.78 Å². The lowest BCUT2D eigenvalue weighted by atomic mass is 10.1. The zero-order valence-electron chi connectivity index (χ0n) is 7.95. The van der Waals surface area contributed by atoms with E-state index < -0.39 is 17.7 Å². The maximum atomic E-state index is 13.4. The SMILES string of the molecule is OC(c1cc(Cl)cs1)c1cccc(F)c1F. The van der Waals surface area contributed by atoms with Gasteiger partial charge in [0.2, 0.25) is 0 Å². The van der Waals surface area contributed by atoms with Crippen LogP contribution in [-0.2, 0) is 0 Å². The molecule has 0 saturated heterocycles.